The van der Waals surface area contributed by atoms with E-state index in [1.807, 2.05) is 20.8 Å². The van der Waals surface area contributed by atoms with Crippen LogP contribution in [0, 0.1) is 5.92 Å². The molecule has 0 aromatic carbocycles. The van der Waals surface area contributed by atoms with Crippen LogP contribution in [0.1, 0.15) is 48.9 Å². The molecule has 0 fully saturated rings. The number of esters is 1. The molecule has 25 heavy (non-hydrogen) atoms. The fraction of sp³-hybridized carbons (Fsp3) is 0.471. The summed E-state index contributed by atoms with van der Waals surface area (Å²) in [6.07, 6.45) is -1.61. The molecule has 0 aliphatic carbocycles. The van der Waals surface area contributed by atoms with Gasteiger partial charge in [0.15, 0.2) is 5.69 Å². The lowest BCUT2D eigenvalue weighted by Gasteiger charge is -2.06. The summed E-state index contributed by atoms with van der Waals surface area (Å²) in [7, 11) is 0. The molecule has 136 valence electrons. The van der Waals surface area contributed by atoms with E-state index in [0.29, 0.717) is 24.7 Å². The van der Waals surface area contributed by atoms with Crippen molar-refractivity contribution in [3.63, 3.8) is 0 Å². The molecule has 0 bridgehead atoms. The maximum atomic E-state index is 13.1. The molecule has 0 N–H and O–H groups in total. The summed E-state index contributed by atoms with van der Waals surface area (Å²) >= 11 is 0. The predicted octanol–water partition coefficient (Wildman–Crippen LogP) is 3.63. The fourth-order valence-corrected chi connectivity index (χ4v) is 2.20. The zero-order valence-electron chi connectivity index (χ0n) is 14.4. The molecule has 0 atom stereocenters. The van der Waals surface area contributed by atoms with Crippen LogP contribution < -0.4 is 4.74 Å². The van der Waals surface area contributed by atoms with E-state index < -0.39 is 18.0 Å². The molecule has 2 rings (SSSR count). The first kappa shape index (κ1) is 18.8. The molecule has 0 aliphatic rings. The summed E-state index contributed by atoms with van der Waals surface area (Å²) in [6, 6.07) is 5.04. The van der Waals surface area contributed by atoms with Crippen LogP contribution in [0.15, 0.2) is 24.4 Å². The zero-order valence-corrected chi connectivity index (χ0v) is 14.4. The second kappa shape index (κ2) is 8.55. The van der Waals surface area contributed by atoms with Crippen molar-refractivity contribution in [2.75, 3.05) is 6.61 Å². The van der Waals surface area contributed by atoms with Crippen LogP contribution in [0.25, 0.3) is 0 Å². The molecule has 8 heteroatoms. The van der Waals surface area contributed by atoms with Crippen molar-refractivity contribution < 1.29 is 23.0 Å². The van der Waals surface area contributed by atoms with Crippen molar-refractivity contribution >= 4 is 5.97 Å². The van der Waals surface area contributed by atoms with E-state index in [-0.39, 0.29) is 18.2 Å². The standard InChI is InChI=1S/C17H21F2N3O3/c1-4-24-14-7-5-6-12(20-14)10-25-17(23)15-13(16(18)19)9-22(21-15)8-11(2)3/h5-7,9,11,16H,4,8,10H2,1-3H3. The van der Waals surface area contributed by atoms with Crippen molar-refractivity contribution in [2.45, 2.75) is 40.3 Å². The van der Waals surface area contributed by atoms with Gasteiger partial charge in [0.1, 0.15) is 6.61 Å². The zero-order chi connectivity index (χ0) is 18.4. The third kappa shape index (κ3) is 5.23. The number of aromatic nitrogens is 3. The third-order valence-corrected chi connectivity index (χ3v) is 3.20. The molecule has 0 saturated heterocycles. The molecule has 0 radical (unpaired) electrons. The number of pyridine rings is 1. The highest BCUT2D eigenvalue weighted by atomic mass is 19.3. The molecular formula is C17H21F2N3O3. The van der Waals surface area contributed by atoms with Gasteiger partial charge in [0, 0.05) is 18.8 Å². The highest BCUT2D eigenvalue weighted by Crippen LogP contribution is 2.23. The molecule has 0 aliphatic heterocycles. The van der Waals surface area contributed by atoms with Gasteiger partial charge in [0.05, 0.1) is 17.9 Å². The van der Waals surface area contributed by atoms with Crippen LogP contribution in [-0.2, 0) is 17.9 Å². The minimum atomic E-state index is -2.80. The topological polar surface area (TPSA) is 66.2 Å². The summed E-state index contributed by atoms with van der Waals surface area (Å²) < 4.78 is 38.0. The predicted molar refractivity (Wildman–Crippen MR) is 86.5 cm³/mol. The number of rotatable bonds is 8. The lowest BCUT2D eigenvalue weighted by molar-refractivity contribution is 0.0448. The molecule has 0 amide bonds. The normalized spacial score (nSPS) is 11.2. The number of halogens is 2. The average molecular weight is 353 g/mol. The second-order valence-corrected chi connectivity index (χ2v) is 5.83. The van der Waals surface area contributed by atoms with E-state index in [1.54, 1.807) is 18.2 Å². The van der Waals surface area contributed by atoms with Gasteiger partial charge in [-0.1, -0.05) is 19.9 Å². The van der Waals surface area contributed by atoms with Gasteiger partial charge in [-0.05, 0) is 18.9 Å². The lowest BCUT2D eigenvalue weighted by atomic mass is 10.2. The van der Waals surface area contributed by atoms with Crippen LogP contribution in [0.5, 0.6) is 5.88 Å². The summed E-state index contributed by atoms with van der Waals surface area (Å²) in [5.74, 6) is -0.285. The Kier molecular flexibility index (Phi) is 6.44. The maximum absolute atomic E-state index is 13.1. The van der Waals surface area contributed by atoms with E-state index >= 15 is 0 Å². The van der Waals surface area contributed by atoms with Crippen LogP contribution in [0.2, 0.25) is 0 Å². The summed E-state index contributed by atoms with van der Waals surface area (Å²) in [4.78, 5) is 16.3. The van der Waals surface area contributed by atoms with Gasteiger partial charge in [-0.15, -0.1) is 0 Å². The molecule has 2 heterocycles. The average Bonchev–Trinajstić information content (AvgIpc) is 2.97. The van der Waals surface area contributed by atoms with Gasteiger partial charge in [0.2, 0.25) is 5.88 Å². The summed E-state index contributed by atoms with van der Waals surface area (Å²) in [5.41, 5.74) is -0.335. The maximum Gasteiger partial charge on any atom is 0.359 e. The van der Waals surface area contributed by atoms with Crippen LogP contribution in [0.4, 0.5) is 8.78 Å². The minimum Gasteiger partial charge on any atom is -0.478 e. The minimum absolute atomic E-state index is 0.153. The monoisotopic (exact) mass is 353 g/mol. The van der Waals surface area contributed by atoms with Crippen molar-refractivity contribution in [1.82, 2.24) is 14.8 Å². The Labute approximate surface area is 144 Å². The molecule has 2 aromatic rings. The largest absolute Gasteiger partial charge is 0.478 e. The second-order valence-electron chi connectivity index (χ2n) is 5.83. The van der Waals surface area contributed by atoms with E-state index in [9.17, 15) is 13.6 Å². The van der Waals surface area contributed by atoms with E-state index in [0.717, 1.165) is 0 Å². The first-order valence-electron chi connectivity index (χ1n) is 8.02. The number of ether oxygens (including phenoxy) is 2. The highest BCUT2D eigenvalue weighted by molar-refractivity contribution is 5.88. The molecular weight excluding hydrogens is 332 g/mol. The number of carbonyl (C=O) groups excluding carboxylic acids is 1. The molecule has 0 spiro atoms. The van der Waals surface area contributed by atoms with Crippen molar-refractivity contribution in [3.8, 4) is 5.88 Å². The third-order valence-electron chi connectivity index (χ3n) is 3.20. The van der Waals surface area contributed by atoms with Crippen LogP contribution >= 0.6 is 0 Å². The fourth-order valence-electron chi connectivity index (χ4n) is 2.20. The van der Waals surface area contributed by atoms with E-state index in [4.69, 9.17) is 9.47 Å². The number of nitrogens with zero attached hydrogens (tertiary/aromatic N) is 3. The summed E-state index contributed by atoms with van der Waals surface area (Å²) in [5, 5.41) is 3.95. The number of hydrogen-bond acceptors (Lipinski definition) is 5. The first-order valence-corrected chi connectivity index (χ1v) is 8.02. The number of alkyl halides is 2. The molecule has 2 aromatic heterocycles. The smallest absolute Gasteiger partial charge is 0.359 e. The van der Waals surface area contributed by atoms with E-state index in [2.05, 4.69) is 10.1 Å². The van der Waals surface area contributed by atoms with Crippen molar-refractivity contribution in [1.29, 1.82) is 0 Å². The Morgan fingerprint density at radius 1 is 1.32 bits per heavy atom. The quantitative estimate of drug-likeness (QED) is 0.678. The Morgan fingerprint density at radius 3 is 2.72 bits per heavy atom. The lowest BCUT2D eigenvalue weighted by Crippen LogP contribution is -2.11. The number of hydrogen-bond donors (Lipinski definition) is 0. The van der Waals surface area contributed by atoms with Gasteiger partial charge >= 0.3 is 5.97 Å². The van der Waals surface area contributed by atoms with Gasteiger partial charge in [0.25, 0.3) is 6.43 Å². The molecule has 6 nitrogen and oxygen atoms in total. The molecule has 0 saturated carbocycles. The van der Waals surface area contributed by atoms with Crippen LogP contribution in [0.3, 0.4) is 0 Å². The van der Waals surface area contributed by atoms with Crippen molar-refractivity contribution in [3.05, 3.63) is 41.3 Å². The van der Waals surface area contributed by atoms with Crippen LogP contribution in [-0.4, -0.2) is 27.3 Å². The Hall–Kier alpha value is -2.51. The highest BCUT2D eigenvalue weighted by Gasteiger charge is 2.24. The van der Waals surface area contributed by atoms with E-state index in [1.165, 1.54) is 10.9 Å². The number of carbonyl (C=O) groups is 1. The Bertz CT molecular complexity index is 717. The van der Waals surface area contributed by atoms with Gasteiger partial charge in [-0.3, -0.25) is 4.68 Å². The molecule has 0 unspecified atom stereocenters. The van der Waals surface area contributed by atoms with Crippen molar-refractivity contribution in [2.24, 2.45) is 5.92 Å². The van der Waals surface area contributed by atoms with Gasteiger partial charge in [-0.25, -0.2) is 18.6 Å². The Morgan fingerprint density at radius 2 is 2.08 bits per heavy atom. The van der Waals surface area contributed by atoms with Gasteiger partial charge in [-0.2, -0.15) is 5.10 Å². The SMILES string of the molecule is CCOc1cccc(COC(=O)c2nn(CC(C)C)cc2C(F)F)n1. The summed E-state index contributed by atoms with van der Waals surface area (Å²) in [6.45, 7) is 6.43. The Balaban J connectivity index is 2.09. The first-order chi connectivity index (χ1) is 11.9. The van der Waals surface area contributed by atoms with Gasteiger partial charge < -0.3 is 9.47 Å².